The van der Waals surface area contributed by atoms with E-state index < -0.39 is 0 Å². The first kappa shape index (κ1) is 16.7. The first-order chi connectivity index (χ1) is 9.74. The van der Waals surface area contributed by atoms with Crippen LogP contribution in [-0.2, 0) is 11.3 Å². The highest BCUT2D eigenvalue weighted by atomic mass is 35.5. The van der Waals surface area contributed by atoms with Crippen molar-refractivity contribution in [3.63, 3.8) is 0 Å². The van der Waals surface area contributed by atoms with Crippen LogP contribution in [-0.4, -0.2) is 11.6 Å². The summed E-state index contributed by atoms with van der Waals surface area (Å²) >= 11 is 0. The fourth-order valence-corrected chi connectivity index (χ4v) is 1.52. The van der Waals surface area contributed by atoms with Crippen LogP contribution in [0.25, 0.3) is 6.08 Å². The van der Waals surface area contributed by atoms with E-state index in [0.29, 0.717) is 5.71 Å². The van der Waals surface area contributed by atoms with Gasteiger partial charge in [-0.2, -0.15) is 9.67 Å². The lowest BCUT2D eigenvalue weighted by Crippen LogP contribution is -3.00. The zero-order valence-electron chi connectivity index (χ0n) is 11.6. The number of nitrogens with one attached hydrogen (secondary N) is 1. The second-order valence-corrected chi connectivity index (χ2v) is 4.18. The summed E-state index contributed by atoms with van der Waals surface area (Å²) in [6.07, 6.45) is 8.82. The van der Waals surface area contributed by atoms with Gasteiger partial charge in [-0.15, -0.1) is 0 Å². The van der Waals surface area contributed by atoms with Gasteiger partial charge in [0.05, 0.1) is 12.0 Å². The Morgan fingerprint density at radius 2 is 2.10 bits per heavy atom. The average Bonchev–Trinajstić information content (AvgIpc) is 2.97. The van der Waals surface area contributed by atoms with Crippen LogP contribution < -0.4 is 22.4 Å². The van der Waals surface area contributed by atoms with Gasteiger partial charge in [-0.3, -0.25) is 4.79 Å². The van der Waals surface area contributed by atoms with Crippen molar-refractivity contribution in [2.75, 3.05) is 0 Å². The molecule has 2 heterocycles. The molecule has 1 N–H and O–H groups in total. The normalized spacial score (nSPS) is 11.2. The van der Waals surface area contributed by atoms with Crippen LogP contribution in [0.4, 0.5) is 0 Å². The summed E-state index contributed by atoms with van der Waals surface area (Å²) in [5.74, 6) is 0.567. The Bertz CT molecular complexity index is 607. The van der Waals surface area contributed by atoms with Gasteiger partial charge in [0.1, 0.15) is 5.76 Å². The number of aromatic nitrogens is 1. The van der Waals surface area contributed by atoms with Gasteiger partial charge < -0.3 is 16.8 Å². The molecule has 0 atom stereocenters. The van der Waals surface area contributed by atoms with E-state index in [4.69, 9.17) is 4.42 Å². The Hall–Kier alpha value is -2.40. The Labute approximate surface area is 129 Å². The molecule has 2 aromatic heterocycles. The number of rotatable bonds is 5. The minimum Gasteiger partial charge on any atom is -1.00 e. The SMILES string of the molecule is CC(/C=C/c1ccco1)=N\NC(=O)C[n+]1ccccc1.[Cl-]. The fourth-order valence-electron chi connectivity index (χ4n) is 1.52. The summed E-state index contributed by atoms with van der Waals surface area (Å²) < 4.78 is 6.93. The summed E-state index contributed by atoms with van der Waals surface area (Å²) in [6, 6.07) is 9.29. The van der Waals surface area contributed by atoms with Gasteiger partial charge in [0, 0.05) is 12.1 Å². The lowest BCUT2D eigenvalue weighted by molar-refractivity contribution is -0.684. The molecule has 1 amide bonds. The Morgan fingerprint density at radius 3 is 2.76 bits per heavy atom. The van der Waals surface area contributed by atoms with Gasteiger partial charge >= 0.3 is 5.91 Å². The third kappa shape index (κ3) is 6.05. The Kier molecular flexibility index (Phi) is 6.91. The number of pyridine rings is 1. The molecular weight excluding hydrogens is 290 g/mol. The van der Waals surface area contributed by atoms with E-state index in [-0.39, 0.29) is 24.9 Å². The van der Waals surface area contributed by atoms with Crippen LogP contribution in [0.5, 0.6) is 0 Å². The molecule has 0 spiro atoms. The van der Waals surface area contributed by atoms with Gasteiger partial charge in [-0.05, 0) is 31.2 Å². The Morgan fingerprint density at radius 1 is 1.33 bits per heavy atom. The van der Waals surface area contributed by atoms with Crippen molar-refractivity contribution in [1.29, 1.82) is 0 Å². The molecular formula is C15H16ClN3O2. The largest absolute Gasteiger partial charge is 1.00 e. The van der Waals surface area contributed by atoms with Crippen molar-refractivity contribution in [3.05, 3.63) is 60.8 Å². The van der Waals surface area contributed by atoms with E-state index in [0.717, 1.165) is 5.76 Å². The van der Waals surface area contributed by atoms with E-state index in [2.05, 4.69) is 10.5 Å². The molecule has 0 unspecified atom stereocenters. The molecule has 0 aromatic carbocycles. The zero-order valence-corrected chi connectivity index (χ0v) is 12.3. The first-order valence-corrected chi connectivity index (χ1v) is 6.23. The number of allylic oxidation sites excluding steroid dienone is 1. The smallest absolute Gasteiger partial charge is 0.305 e. The van der Waals surface area contributed by atoms with Crippen LogP contribution in [0.1, 0.15) is 12.7 Å². The minimum atomic E-state index is -0.174. The van der Waals surface area contributed by atoms with Gasteiger partial charge in [0.15, 0.2) is 12.4 Å². The van der Waals surface area contributed by atoms with Gasteiger partial charge in [0.2, 0.25) is 6.54 Å². The molecule has 0 radical (unpaired) electrons. The lowest BCUT2D eigenvalue weighted by Gasteiger charge is -1.97. The van der Waals surface area contributed by atoms with Crippen LogP contribution in [0.15, 0.2) is 64.6 Å². The predicted octanol–water partition coefficient (Wildman–Crippen LogP) is -1.22. The van der Waals surface area contributed by atoms with E-state index in [1.165, 1.54) is 0 Å². The maximum Gasteiger partial charge on any atom is 0.305 e. The molecule has 0 bridgehead atoms. The zero-order chi connectivity index (χ0) is 14.2. The highest BCUT2D eigenvalue weighted by molar-refractivity contribution is 5.96. The summed E-state index contributed by atoms with van der Waals surface area (Å²) in [5, 5.41) is 3.99. The molecule has 0 fully saturated rings. The number of hydrazone groups is 1. The van der Waals surface area contributed by atoms with Gasteiger partial charge in [0.25, 0.3) is 0 Å². The van der Waals surface area contributed by atoms with E-state index in [9.17, 15) is 4.79 Å². The molecule has 0 aliphatic heterocycles. The van der Waals surface area contributed by atoms with Crippen LogP contribution in [0, 0.1) is 0 Å². The molecule has 0 aliphatic carbocycles. The summed E-state index contributed by atoms with van der Waals surface area (Å²) in [4.78, 5) is 11.7. The molecule has 110 valence electrons. The molecule has 21 heavy (non-hydrogen) atoms. The molecule has 0 saturated carbocycles. The van der Waals surface area contributed by atoms with Crippen LogP contribution in [0.3, 0.4) is 0 Å². The number of amides is 1. The molecule has 0 aliphatic rings. The fraction of sp³-hybridized carbons (Fsp3) is 0.133. The molecule has 5 nitrogen and oxygen atoms in total. The monoisotopic (exact) mass is 305 g/mol. The van der Waals surface area contributed by atoms with Gasteiger partial charge in [-0.1, -0.05) is 6.07 Å². The van der Waals surface area contributed by atoms with Crippen molar-refractivity contribution in [2.45, 2.75) is 13.5 Å². The van der Waals surface area contributed by atoms with E-state index in [1.807, 2.05) is 42.7 Å². The van der Waals surface area contributed by atoms with Crippen LogP contribution in [0.2, 0.25) is 0 Å². The van der Waals surface area contributed by atoms with Gasteiger partial charge in [-0.25, -0.2) is 5.43 Å². The summed E-state index contributed by atoms with van der Waals surface area (Å²) in [7, 11) is 0. The highest BCUT2D eigenvalue weighted by Gasteiger charge is 2.06. The second-order valence-electron chi connectivity index (χ2n) is 4.18. The maximum absolute atomic E-state index is 11.7. The lowest BCUT2D eigenvalue weighted by atomic mass is 10.3. The first-order valence-electron chi connectivity index (χ1n) is 6.23. The topological polar surface area (TPSA) is 58.5 Å². The number of hydrogen-bond acceptors (Lipinski definition) is 3. The Balaban J connectivity index is 0.00000220. The number of furan rings is 1. The van der Waals surface area contributed by atoms with Crippen molar-refractivity contribution in [2.24, 2.45) is 5.10 Å². The summed E-state index contributed by atoms with van der Waals surface area (Å²) in [5.41, 5.74) is 3.20. The van der Waals surface area contributed by atoms with Crippen molar-refractivity contribution in [1.82, 2.24) is 5.43 Å². The number of hydrogen-bond donors (Lipinski definition) is 1. The standard InChI is InChI=1S/C15H15N3O2.ClH/c1-13(7-8-14-6-5-11-20-14)16-17-15(19)12-18-9-3-2-4-10-18;/h2-11H,12H2,1H3;1H/b8-7+,16-13+;. The number of carbonyl (C=O) groups excluding carboxylic acids is 1. The third-order valence-electron chi connectivity index (χ3n) is 2.49. The third-order valence-corrected chi connectivity index (χ3v) is 2.49. The molecule has 2 aromatic rings. The van der Waals surface area contributed by atoms with Crippen molar-refractivity contribution in [3.8, 4) is 0 Å². The molecule has 6 heteroatoms. The minimum absolute atomic E-state index is 0. The van der Waals surface area contributed by atoms with Crippen molar-refractivity contribution >= 4 is 17.7 Å². The molecule has 2 rings (SSSR count). The highest BCUT2D eigenvalue weighted by Crippen LogP contribution is 2.02. The van der Waals surface area contributed by atoms with Crippen LogP contribution >= 0.6 is 0 Å². The quantitative estimate of drug-likeness (QED) is 0.427. The average molecular weight is 306 g/mol. The second kappa shape index (κ2) is 8.71. The maximum atomic E-state index is 11.7. The van der Waals surface area contributed by atoms with E-state index in [1.54, 1.807) is 29.9 Å². The number of halogens is 1. The summed E-state index contributed by atoms with van der Waals surface area (Å²) in [6.45, 7) is 2.04. The number of carbonyl (C=O) groups is 1. The number of nitrogens with zero attached hydrogens (tertiary/aromatic N) is 2. The van der Waals surface area contributed by atoms with Crippen molar-refractivity contribution < 1.29 is 26.2 Å². The predicted molar refractivity (Wildman–Crippen MR) is 75.6 cm³/mol. The van der Waals surface area contributed by atoms with E-state index >= 15 is 0 Å². The molecule has 0 saturated heterocycles.